The van der Waals surface area contributed by atoms with E-state index in [1.54, 1.807) is 12.4 Å². The van der Waals surface area contributed by atoms with Gasteiger partial charge in [0.1, 0.15) is 0 Å². The quantitative estimate of drug-likeness (QED) is 0.560. The van der Waals surface area contributed by atoms with Gasteiger partial charge in [0.2, 0.25) is 5.91 Å². The molecule has 5 nitrogen and oxygen atoms in total. The number of amides is 1. The van der Waals surface area contributed by atoms with E-state index in [4.69, 9.17) is 0 Å². The van der Waals surface area contributed by atoms with E-state index in [2.05, 4.69) is 29.2 Å². The molecule has 1 unspecified atom stereocenters. The van der Waals surface area contributed by atoms with E-state index in [1.165, 1.54) is 16.5 Å². The molecule has 1 atom stereocenters. The Labute approximate surface area is 189 Å². The highest BCUT2D eigenvalue weighted by Gasteiger charge is 2.30. The third-order valence-electron chi connectivity index (χ3n) is 6.89. The first-order valence-corrected chi connectivity index (χ1v) is 11.5. The lowest BCUT2D eigenvalue weighted by Crippen LogP contribution is -2.46. The van der Waals surface area contributed by atoms with E-state index < -0.39 is 0 Å². The monoisotopic (exact) mass is 427 g/mol. The number of aryl methyl sites for hydroxylation is 2. The van der Waals surface area contributed by atoms with E-state index in [0.29, 0.717) is 19.6 Å². The zero-order chi connectivity index (χ0) is 22.1. The SMILES string of the molecule is CN(CC(=O)N1CCCC(C(=O)c2ccc3c4c(cccc24)CC3)C1)Cc1ccncc1. The van der Waals surface area contributed by atoms with E-state index in [0.717, 1.165) is 48.7 Å². The van der Waals surface area contributed by atoms with Crippen molar-refractivity contribution in [2.75, 3.05) is 26.7 Å². The molecule has 1 fully saturated rings. The molecular weight excluding hydrogens is 398 g/mol. The molecule has 2 aliphatic rings. The average Bonchev–Trinajstić information content (AvgIpc) is 3.24. The number of carbonyl (C=O) groups is 2. The number of likely N-dealkylation sites (N-methyl/N-ethyl adjacent to an activating group) is 1. The summed E-state index contributed by atoms with van der Waals surface area (Å²) in [6.07, 6.45) is 7.38. The minimum absolute atomic E-state index is 0.0967. The van der Waals surface area contributed by atoms with Gasteiger partial charge >= 0.3 is 0 Å². The van der Waals surface area contributed by atoms with Crippen LogP contribution in [0.15, 0.2) is 54.9 Å². The molecule has 0 N–H and O–H groups in total. The van der Waals surface area contributed by atoms with Crippen LogP contribution in [0.1, 0.15) is 39.9 Å². The standard InChI is InChI=1S/C27H29N3O2/c1-29(16-19-11-13-28-14-12-19)18-25(31)30-15-3-5-22(17-30)27(32)24-10-9-21-8-7-20-4-2-6-23(24)26(20)21/h2,4,6,9-14,22H,3,5,7-8,15-18H2,1H3. The molecule has 1 aliphatic heterocycles. The summed E-state index contributed by atoms with van der Waals surface area (Å²) in [4.78, 5) is 34.5. The summed E-state index contributed by atoms with van der Waals surface area (Å²) in [5.74, 6) is 0.152. The van der Waals surface area contributed by atoms with Crippen molar-refractivity contribution >= 4 is 22.5 Å². The molecule has 5 heteroatoms. The van der Waals surface area contributed by atoms with E-state index >= 15 is 0 Å². The van der Waals surface area contributed by atoms with Gasteiger partial charge in [-0.3, -0.25) is 19.5 Å². The molecule has 2 heterocycles. The minimum atomic E-state index is -0.128. The zero-order valence-electron chi connectivity index (χ0n) is 18.6. The van der Waals surface area contributed by atoms with Gasteiger partial charge < -0.3 is 4.90 Å². The molecule has 0 bridgehead atoms. The molecule has 1 saturated heterocycles. The number of hydrogen-bond donors (Lipinski definition) is 0. The lowest BCUT2D eigenvalue weighted by Gasteiger charge is -2.33. The van der Waals surface area contributed by atoms with Gasteiger partial charge in [-0.1, -0.05) is 30.3 Å². The van der Waals surface area contributed by atoms with Gasteiger partial charge in [-0.2, -0.15) is 0 Å². The van der Waals surface area contributed by atoms with Gasteiger partial charge in [-0.05, 0) is 72.3 Å². The van der Waals surface area contributed by atoms with Gasteiger partial charge in [0.15, 0.2) is 5.78 Å². The maximum Gasteiger partial charge on any atom is 0.236 e. The number of benzene rings is 2. The molecule has 1 aromatic heterocycles. The predicted molar refractivity (Wildman–Crippen MR) is 126 cm³/mol. The predicted octanol–water partition coefficient (Wildman–Crippen LogP) is 3.89. The van der Waals surface area contributed by atoms with Crippen LogP contribution in [0.25, 0.3) is 10.8 Å². The fourth-order valence-corrected chi connectivity index (χ4v) is 5.29. The van der Waals surface area contributed by atoms with Crippen LogP contribution < -0.4 is 0 Å². The van der Waals surface area contributed by atoms with Crippen molar-refractivity contribution in [1.82, 2.24) is 14.8 Å². The highest BCUT2D eigenvalue weighted by Crippen LogP contribution is 2.34. The Morgan fingerprint density at radius 1 is 1.06 bits per heavy atom. The molecule has 0 radical (unpaired) electrons. The van der Waals surface area contributed by atoms with Crippen LogP contribution in [0.4, 0.5) is 0 Å². The molecule has 0 spiro atoms. The second-order valence-electron chi connectivity index (χ2n) is 9.18. The van der Waals surface area contributed by atoms with Crippen LogP contribution >= 0.6 is 0 Å². The van der Waals surface area contributed by atoms with Gasteiger partial charge in [-0.15, -0.1) is 0 Å². The third kappa shape index (κ3) is 4.05. The maximum atomic E-state index is 13.5. The number of likely N-dealkylation sites (tertiary alicyclic amines) is 1. The number of aromatic nitrogens is 1. The number of rotatable bonds is 6. The fraction of sp³-hybridized carbons (Fsp3) is 0.370. The Morgan fingerprint density at radius 3 is 2.66 bits per heavy atom. The number of nitrogens with zero attached hydrogens (tertiary/aromatic N) is 3. The summed E-state index contributed by atoms with van der Waals surface area (Å²) in [6.45, 7) is 2.30. The van der Waals surface area contributed by atoms with Crippen molar-refractivity contribution < 1.29 is 9.59 Å². The molecule has 5 rings (SSSR count). The van der Waals surface area contributed by atoms with E-state index in [1.807, 2.05) is 35.0 Å². The zero-order valence-corrected chi connectivity index (χ0v) is 18.6. The van der Waals surface area contributed by atoms with Crippen molar-refractivity contribution in [2.45, 2.75) is 32.2 Å². The lowest BCUT2D eigenvalue weighted by atomic mass is 9.87. The van der Waals surface area contributed by atoms with E-state index in [9.17, 15) is 9.59 Å². The molecular formula is C27H29N3O2. The molecule has 0 saturated carbocycles. The second-order valence-corrected chi connectivity index (χ2v) is 9.18. The first kappa shape index (κ1) is 20.8. The minimum Gasteiger partial charge on any atom is -0.341 e. The van der Waals surface area contributed by atoms with Crippen molar-refractivity contribution in [3.05, 3.63) is 77.1 Å². The van der Waals surface area contributed by atoms with Gasteiger partial charge in [-0.25, -0.2) is 0 Å². The Morgan fingerprint density at radius 2 is 1.84 bits per heavy atom. The van der Waals surface area contributed by atoms with Crippen molar-refractivity contribution in [1.29, 1.82) is 0 Å². The largest absolute Gasteiger partial charge is 0.341 e. The summed E-state index contributed by atoms with van der Waals surface area (Å²) in [5, 5.41) is 2.36. The number of carbonyl (C=O) groups excluding carboxylic acids is 2. The number of piperidine rings is 1. The highest BCUT2D eigenvalue weighted by molar-refractivity contribution is 6.11. The Balaban J connectivity index is 1.28. The van der Waals surface area contributed by atoms with Crippen LogP contribution in [0, 0.1) is 5.92 Å². The summed E-state index contributed by atoms with van der Waals surface area (Å²) >= 11 is 0. The Hall–Kier alpha value is -3.05. The maximum absolute atomic E-state index is 13.5. The first-order chi connectivity index (χ1) is 15.6. The van der Waals surface area contributed by atoms with Crippen LogP contribution in [0.3, 0.4) is 0 Å². The van der Waals surface area contributed by atoms with Crippen LogP contribution in [0.2, 0.25) is 0 Å². The summed E-state index contributed by atoms with van der Waals surface area (Å²) in [6, 6.07) is 14.4. The lowest BCUT2D eigenvalue weighted by molar-refractivity contribution is -0.133. The first-order valence-electron chi connectivity index (χ1n) is 11.5. The average molecular weight is 428 g/mol. The third-order valence-corrected chi connectivity index (χ3v) is 6.89. The van der Waals surface area contributed by atoms with Gasteiger partial charge in [0.05, 0.1) is 6.54 Å². The molecule has 164 valence electrons. The van der Waals surface area contributed by atoms with Crippen LogP contribution in [-0.4, -0.2) is 53.2 Å². The summed E-state index contributed by atoms with van der Waals surface area (Å²) in [7, 11) is 1.96. The molecule has 1 amide bonds. The normalized spacial score (nSPS) is 17.8. The van der Waals surface area contributed by atoms with Crippen molar-refractivity contribution in [3.63, 3.8) is 0 Å². The van der Waals surface area contributed by atoms with Crippen molar-refractivity contribution in [2.24, 2.45) is 5.92 Å². The van der Waals surface area contributed by atoms with Crippen molar-refractivity contribution in [3.8, 4) is 0 Å². The molecule has 1 aliphatic carbocycles. The van der Waals surface area contributed by atoms with Crippen LogP contribution in [-0.2, 0) is 24.2 Å². The van der Waals surface area contributed by atoms with Gasteiger partial charge in [0, 0.05) is 43.5 Å². The molecule has 2 aromatic carbocycles. The topological polar surface area (TPSA) is 53.5 Å². The molecule has 32 heavy (non-hydrogen) atoms. The summed E-state index contributed by atoms with van der Waals surface area (Å²) < 4.78 is 0. The van der Waals surface area contributed by atoms with Gasteiger partial charge in [0.25, 0.3) is 0 Å². The number of hydrogen-bond acceptors (Lipinski definition) is 4. The van der Waals surface area contributed by atoms with E-state index in [-0.39, 0.29) is 17.6 Å². The van der Waals surface area contributed by atoms with Crippen LogP contribution in [0.5, 0.6) is 0 Å². The number of Topliss-reactive ketones (excluding diaryl/α,β-unsaturated/α-hetero) is 1. The number of pyridine rings is 1. The smallest absolute Gasteiger partial charge is 0.236 e. The molecule has 3 aromatic rings. The fourth-order valence-electron chi connectivity index (χ4n) is 5.29. The Bertz CT molecular complexity index is 1150. The number of ketones is 1. The summed E-state index contributed by atoms with van der Waals surface area (Å²) in [5.41, 5.74) is 4.66. The second kappa shape index (κ2) is 8.83. The highest BCUT2D eigenvalue weighted by atomic mass is 16.2. The Kier molecular flexibility index (Phi) is 5.75.